The lowest BCUT2D eigenvalue weighted by molar-refractivity contribution is -0.146. The number of benzene rings is 1. The number of thioether (sulfide) groups is 1. The second kappa shape index (κ2) is 9.25. The maximum atomic E-state index is 12.5. The number of hydrogen-bond donors (Lipinski definition) is 0. The third-order valence-corrected chi connectivity index (χ3v) is 5.35. The van der Waals surface area contributed by atoms with E-state index in [1.807, 2.05) is 39.0 Å². The molecule has 0 spiro atoms. The Hall–Kier alpha value is -2.32. The van der Waals surface area contributed by atoms with Crippen LogP contribution in [0.2, 0.25) is 0 Å². The molecule has 0 radical (unpaired) electrons. The zero-order chi connectivity index (χ0) is 20.1. The molecule has 7 nitrogen and oxygen atoms in total. The van der Waals surface area contributed by atoms with Gasteiger partial charge in [0.05, 0.1) is 29.2 Å². The van der Waals surface area contributed by atoms with Crippen molar-refractivity contribution in [3.8, 4) is 0 Å². The van der Waals surface area contributed by atoms with Crippen molar-refractivity contribution in [2.75, 3.05) is 19.7 Å². The van der Waals surface area contributed by atoms with Gasteiger partial charge in [0.15, 0.2) is 6.61 Å². The lowest BCUT2D eigenvalue weighted by Gasteiger charge is -2.35. The molecule has 2 atom stereocenters. The number of rotatable bonds is 6. The third kappa shape index (κ3) is 5.36. The Kier molecular flexibility index (Phi) is 6.74. The third-order valence-electron chi connectivity index (χ3n) is 4.25. The Morgan fingerprint density at radius 3 is 2.64 bits per heavy atom. The first kappa shape index (κ1) is 20.4. The van der Waals surface area contributed by atoms with E-state index in [1.165, 1.54) is 11.8 Å². The smallest absolute Gasteiger partial charge is 0.339 e. The summed E-state index contributed by atoms with van der Waals surface area (Å²) in [6, 6.07) is 9.02. The number of carbonyl (C=O) groups is 2. The zero-order valence-corrected chi connectivity index (χ0v) is 17.0. The van der Waals surface area contributed by atoms with Gasteiger partial charge in [0, 0.05) is 24.1 Å². The Bertz CT molecular complexity index is 828. The molecule has 0 aliphatic carbocycles. The first-order valence-electron chi connectivity index (χ1n) is 9.16. The van der Waals surface area contributed by atoms with Crippen LogP contribution < -0.4 is 0 Å². The van der Waals surface area contributed by atoms with Crippen molar-refractivity contribution in [1.29, 1.82) is 0 Å². The van der Waals surface area contributed by atoms with Crippen LogP contribution in [0, 0.1) is 6.92 Å². The molecule has 8 heteroatoms. The van der Waals surface area contributed by atoms with Crippen molar-refractivity contribution in [3.63, 3.8) is 0 Å². The molecule has 0 N–H and O–H groups in total. The fourth-order valence-electron chi connectivity index (χ4n) is 3.07. The predicted molar refractivity (Wildman–Crippen MR) is 104 cm³/mol. The topological polar surface area (TPSA) is 81.9 Å². The van der Waals surface area contributed by atoms with Gasteiger partial charge in [-0.2, -0.15) is 0 Å². The Morgan fingerprint density at radius 1 is 1.25 bits per heavy atom. The highest BCUT2D eigenvalue weighted by Gasteiger charge is 2.26. The molecule has 1 amide bonds. The van der Waals surface area contributed by atoms with E-state index in [4.69, 9.17) is 14.0 Å². The quantitative estimate of drug-likeness (QED) is 0.540. The highest BCUT2D eigenvalue weighted by molar-refractivity contribution is 7.98. The van der Waals surface area contributed by atoms with Gasteiger partial charge in [-0.3, -0.25) is 4.79 Å². The van der Waals surface area contributed by atoms with E-state index in [-0.39, 0.29) is 24.7 Å². The lowest BCUT2D eigenvalue weighted by atomic mass is 10.2. The van der Waals surface area contributed by atoms with Crippen molar-refractivity contribution in [2.24, 2.45) is 0 Å². The second-order valence-corrected chi connectivity index (χ2v) is 7.87. The fourth-order valence-corrected chi connectivity index (χ4v) is 3.99. The molecule has 1 aliphatic heterocycles. The molecule has 1 aromatic carbocycles. The van der Waals surface area contributed by atoms with E-state index in [1.54, 1.807) is 17.0 Å². The summed E-state index contributed by atoms with van der Waals surface area (Å²) in [6.45, 7) is 6.43. The molecule has 1 saturated heterocycles. The SMILES string of the molecule is Cc1cc(CSc2ccccc2C(=O)OCC(=O)N2CC(C)OC(C)C2)on1. The van der Waals surface area contributed by atoms with Crippen LogP contribution in [-0.4, -0.2) is 53.8 Å². The normalized spacial score (nSPS) is 19.5. The van der Waals surface area contributed by atoms with Crippen molar-refractivity contribution in [3.05, 3.63) is 47.3 Å². The minimum atomic E-state index is -0.514. The van der Waals surface area contributed by atoms with Gasteiger partial charge in [-0.15, -0.1) is 11.8 Å². The number of nitrogens with zero attached hydrogens (tertiary/aromatic N) is 2. The summed E-state index contributed by atoms with van der Waals surface area (Å²) in [5.74, 6) is 0.557. The van der Waals surface area contributed by atoms with Gasteiger partial charge in [0.25, 0.3) is 5.91 Å². The van der Waals surface area contributed by atoms with Crippen LogP contribution in [0.15, 0.2) is 39.8 Å². The van der Waals surface area contributed by atoms with Gasteiger partial charge >= 0.3 is 5.97 Å². The highest BCUT2D eigenvalue weighted by atomic mass is 32.2. The number of morpholine rings is 1. The fraction of sp³-hybridized carbons (Fsp3) is 0.450. The Labute approximate surface area is 168 Å². The largest absolute Gasteiger partial charge is 0.452 e. The number of esters is 1. The molecular formula is C20H24N2O5S. The van der Waals surface area contributed by atoms with Crippen LogP contribution >= 0.6 is 11.8 Å². The van der Waals surface area contributed by atoms with E-state index < -0.39 is 5.97 Å². The Morgan fingerprint density at radius 2 is 1.96 bits per heavy atom. The van der Waals surface area contributed by atoms with Crippen molar-refractivity contribution in [2.45, 2.75) is 43.6 Å². The van der Waals surface area contributed by atoms with Crippen LogP contribution in [0.4, 0.5) is 0 Å². The van der Waals surface area contributed by atoms with Gasteiger partial charge in [-0.1, -0.05) is 17.3 Å². The minimum Gasteiger partial charge on any atom is -0.452 e. The van der Waals surface area contributed by atoms with E-state index in [2.05, 4.69) is 5.16 Å². The number of hydrogen-bond acceptors (Lipinski definition) is 7. The summed E-state index contributed by atoms with van der Waals surface area (Å²) < 4.78 is 16.1. The molecule has 3 rings (SSSR count). The number of carbonyl (C=O) groups excluding carboxylic acids is 2. The summed E-state index contributed by atoms with van der Waals surface area (Å²) >= 11 is 1.46. The monoisotopic (exact) mass is 404 g/mol. The number of aryl methyl sites for hydroxylation is 1. The van der Waals surface area contributed by atoms with Crippen molar-refractivity contribution in [1.82, 2.24) is 10.1 Å². The highest BCUT2D eigenvalue weighted by Crippen LogP contribution is 2.27. The van der Waals surface area contributed by atoms with E-state index in [0.29, 0.717) is 24.4 Å². The molecule has 1 fully saturated rings. The minimum absolute atomic E-state index is 0.0275. The van der Waals surface area contributed by atoms with Gasteiger partial charge in [0.2, 0.25) is 0 Å². The number of amides is 1. The molecule has 150 valence electrons. The van der Waals surface area contributed by atoms with Crippen molar-refractivity contribution >= 4 is 23.6 Å². The molecule has 1 aromatic heterocycles. The number of ether oxygens (including phenoxy) is 2. The van der Waals surface area contributed by atoms with Gasteiger partial charge in [0.1, 0.15) is 5.76 Å². The van der Waals surface area contributed by atoms with Crippen LogP contribution in [0.25, 0.3) is 0 Å². The standard InChI is InChI=1S/C20H24N2O5S/c1-13-8-16(27-21-13)12-28-18-7-5-4-6-17(18)20(24)25-11-19(23)22-9-14(2)26-15(3)10-22/h4-8,14-15H,9-12H2,1-3H3. The van der Waals surface area contributed by atoms with E-state index in [0.717, 1.165) is 16.3 Å². The average Bonchev–Trinajstić information content (AvgIpc) is 3.09. The molecule has 2 aromatic rings. The summed E-state index contributed by atoms with van der Waals surface area (Å²) in [7, 11) is 0. The summed E-state index contributed by atoms with van der Waals surface area (Å²) in [5, 5.41) is 3.86. The molecule has 28 heavy (non-hydrogen) atoms. The number of aromatic nitrogens is 1. The lowest BCUT2D eigenvalue weighted by Crippen LogP contribution is -2.49. The van der Waals surface area contributed by atoms with Crippen LogP contribution in [-0.2, 0) is 20.0 Å². The first-order valence-corrected chi connectivity index (χ1v) is 10.2. The van der Waals surface area contributed by atoms with Crippen LogP contribution in [0.3, 0.4) is 0 Å². The summed E-state index contributed by atoms with van der Waals surface area (Å²) in [4.78, 5) is 27.4. The van der Waals surface area contributed by atoms with E-state index in [9.17, 15) is 9.59 Å². The maximum Gasteiger partial charge on any atom is 0.339 e. The first-order chi connectivity index (χ1) is 13.4. The van der Waals surface area contributed by atoms with Crippen molar-refractivity contribution < 1.29 is 23.6 Å². The molecule has 1 aliphatic rings. The Balaban J connectivity index is 1.57. The molecule has 0 bridgehead atoms. The predicted octanol–water partition coefficient (Wildman–Crippen LogP) is 3.07. The van der Waals surface area contributed by atoms with Crippen LogP contribution in [0.1, 0.15) is 35.7 Å². The maximum absolute atomic E-state index is 12.5. The van der Waals surface area contributed by atoms with Gasteiger partial charge in [-0.25, -0.2) is 4.79 Å². The van der Waals surface area contributed by atoms with Gasteiger partial charge in [-0.05, 0) is 32.9 Å². The van der Waals surface area contributed by atoms with E-state index >= 15 is 0 Å². The molecule has 0 saturated carbocycles. The van der Waals surface area contributed by atoms with Crippen LogP contribution in [0.5, 0.6) is 0 Å². The molecule has 2 heterocycles. The molecule has 2 unspecified atom stereocenters. The van der Waals surface area contributed by atoms with Gasteiger partial charge < -0.3 is 18.9 Å². The summed E-state index contributed by atoms with van der Waals surface area (Å²) in [5.41, 5.74) is 1.24. The zero-order valence-electron chi connectivity index (χ0n) is 16.2. The summed E-state index contributed by atoms with van der Waals surface area (Å²) in [6.07, 6.45) is -0.0551. The average molecular weight is 404 g/mol. The second-order valence-electron chi connectivity index (χ2n) is 6.85. The molecular weight excluding hydrogens is 380 g/mol.